The summed E-state index contributed by atoms with van der Waals surface area (Å²) in [6, 6.07) is 5.55. The van der Waals surface area contributed by atoms with Gasteiger partial charge in [-0.1, -0.05) is 13.0 Å². The average Bonchev–Trinajstić information content (AvgIpc) is 2.18. The number of aliphatic carboxylic acids is 1. The number of benzene rings is 1. The second kappa shape index (κ2) is 5.07. The van der Waals surface area contributed by atoms with Crippen LogP contribution in [0.1, 0.15) is 18.9 Å². The molecule has 15 heavy (non-hydrogen) atoms. The first-order valence-corrected chi connectivity index (χ1v) is 5.68. The lowest BCUT2D eigenvalue weighted by molar-refractivity contribution is -0.136. The van der Waals surface area contributed by atoms with Crippen LogP contribution in [0, 0.1) is 6.92 Å². The third-order valence-electron chi connectivity index (χ3n) is 2.13. The standard InChI is InChI=1S/C11H15NO2S/c1-3-9(11(13)14)15-10-6-8(12)5-4-7(10)2/h4-6,9H,3,12H2,1-2H3,(H,13,14). The van der Waals surface area contributed by atoms with Crippen molar-refractivity contribution in [2.75, 3.05) is 5.73 Å². The van der Waals surface area contributed by atoms with E-state index >= 15 is 0 Å². The van der Waals surface area contributed by atoms with E-state index in [1.807, 2.05) is 32.0 Å². The van der Waals surface area contributed by atoms with Gasteiger partial charge < -0.3 is 10.8 Å². The minimum absolute atomic E-state index is 0.398. The van der Waals surface area contributed by atoms with E-state index < -0.39 is 11.2 Å². The van der Waals surface area contributed by atoms with Gasteiger partial charge in [0, 0.05) is 10.6 Å². The molecule has 0 amide bonds. The third-order valence-corrected chi connectivity index (χ3v) is 3.64. The minimum atomic E-state index is -0.774. The Morgan fingerprint density at radius 1 is 1.60 bits per heavy atom. The number of aryl methyl sites for hydroxylation is 1. The molecule has 0 spiro atoms. The highest BCUT2D eigenvalue weighted by Gasteiger charge is 2.17. The summed E-state index contributed by atoms with van der Waals surface area (Å²) >= 11 is 1.36. The molecule has 82 valence electrons. The van der Waals surface area contributed by atoms with Gasteiger partial charge in [0.2, 0.25) is 0 Å². The number of hydrogen-bond donors (Lipinski definition) is 2. The first-order chi connectivity index (χ1) is 7.04. The molecule has 0 radical (unpaired) electrons. The lowest BCUT2D eigenvalue weighted by atomic mass is 10.2. The maximum atomic E-state index is 10.9. The van der Waals surface area contributed by atoms with E-state index in [0.29, 0.717) is 12.1 Å². The second-order valence-electron chi connectivity index (χ2n) is 3.38. The maximum Gasteiger partial charge on any atom is 0.316 e. The summed E-state index contributed by atoms with van der Waals surface area (Å²) in [5.74, 6) is -0.774. The Labute approximate surface area is 93.7 Å². The quantitative estimate of drug-likeness (QED) is 0.610. The summed E-state index contributed by atoms with van der Waals surface area (Å²) in [6.07, 6.45) is 0.605. The number of thioether (sulfide) groups is 1. The van der Waals surface area contributed by atoms with E-state index in [2.05, 4.69) is 0 Å². The molecular weight excluding hydrogens is 210 g/mol. The Kier molecular flexibility index (Phi) is 4.03. The average molecular weight is 225 g/mol. The molecule has 0 aliphatic carbocycles. The third kappa shape index (κ3) is 3.16. The van der Waals surface area contributed by atoms with Crippen LogP contribution in [0.4, 0.5) is 5.69 Å². The van der Waals surface area contributed by atoms with Crippen LogP contribution >= 0.6 is 11.8 Å². The fraction of sp³-hybridized carbons (Fsp3) is 0.364. The molecule has 1 atom stereocenters. The first-order valence-electron chi connectivity index (χ1n) is 4.80. The van der Waals surface area contributed by atoms with Crippen molar-refractivity contribution in [2.24, 2.45) is 0 Å². The Morgan fingerprint density at radius 3 is 2.80 bits per heavy atom. The van der Waals surface area contributed by atoms with Crippen molar-refractivity contribution in [3.63, 3.8) is 0 Å². The van der Waals surface area contributed by atoms with Crippen LogP contribution in [-0.2, 0) is 4.79 Å². The molecule has 0 bridgehead atoms. The van der Waals surface area contributed by atoms with Gasteiger partial charge in [0.05, 0.1) is 0 Å². The molecule has 0 saturated carbocycles. The van der Waals surface area contributed by atoms with E-state index in [9.17, 15) is 4.79 Å². The molecular formula is C11H15NO2S. The summed E-state index contributed by atoms with van der Waals surface area (Å²) < 4.78 is 0. The number of carbonyl (C=O) groups is 1. The first kappa shape index (κ1) is 11.9. The fourth-order valence-electron chi connectivity index (χ4n) is 1.21. The number of carboxylic acid groups (broad SMARTS) is 1. The monoisotopic (exact) mass is 225 g/mol. The molecule has 1 unspecified atom stereocenters. The summed E-state index contributed by atoms with van der Waals surface area (Å²) in [7, 11) is 0. The molecule has 0 aromatic heterocycles. The number of nitrogen functional groups attached to an aromatic ring is 1. The molecule has 0 aliphatic rings. The van der Waals surface area contributed by atoms with Crippen molar-refractivity contribution >= 4 is 23.4 Å². The Bertz CT molecular complexity index is 366. The smallest absolute Gasteiger partial charge is 0.316 e. The maximum absolute atomic E-state index is 10.9. The predicted octanol–water partition coefficient (Wildman–Crippen LogP) is 2.53. The largest absolute Gasteiger partial charge is 0.480 e. The number of carboxylic acids is 1. The highest BCUT2D eigenvalue weighted by molar-refractivity contribution is 8.00. The zero-order valence-electron chi connectivity index (χ0n) is 8.86. The zero-order valence-corrected chi connectivity index (χ0v) is 9.67. The Hall–Kier alpha value is -1.16. The summed E-state index contributed by atoms with van der Waals surface area (Å²) in [4.78, 5) is 11.8. The van der Waals surface area contributed by atoms with Crippen LogP contribution in [0.2, 0.25) is 0 Å². The van der Waals surface area contributed by atoms with E-state index in [-0.39, 0.29) is 0 Å². The number of rotatable bonds is 4. The number of hydrogen-bond acceptors (Lipinski definition) is 3. The molecule has 0 aliphatic heterocycles. The predicted molar refractivity (Wildman–Crippen MR) is 63.2 cm³/mol. The Balaban J connectivity index is 2.87. The SMILES string of the molecule is CCC(Sc1cc(N)ccc1C)C(=O)O. The second-order valence-corrected chi connectivity index (χ2v) is 4.62. The van der Waals surface area contributed by atoms with Gasteiger partial charge in [-0.3, -0.25) is 4.79 Å². The summed E-state index contributed by atoms with van der Waals surface area (Å²) in [5, 5.41) is 8.54. The molecule has 3 N–H and O–H groups in total. The highest BCUT2D eigenvalue weighted by atomic mass is 32.2. The topological polar surface area (TPSA) is 63.3 Å². The molecule has 1 aromatic carbocycles. The molecule has 0 saturated heterocycles. The zero-order chi connectivity index (χ0) is 11.4. The van der Waals surface area contributed by atoms with Gasteiger partial charge >= 0.3 is 5.97 Å². The van der Waals surface area contributed by atoms with Crippen LogP contribution in [0.3, 0.4) is 0 Å². The van der Waals surface area contributed by atoms with Crippen molar-refractivity contribution in [1.29, 1.82) is 0 Å². The molecule has 1 aromatic rings. The summed E-state index contributed by atoms with van der Waals surface area (Å²) in [5.41, 5.74) is 7.39. The number of nitrogens with two attached hydrogens (primary N) is 1. The van der Waals surface area contributed by atoms with E-state index in [1.165, 1.54) is 11.8 Å². The van der Waals surface area contributed by atoms with Crippen LogP contribution in [0.5, 0.6) is 0 Å². The Morgan fingerprint density at radius 2 is 2.27 bits per heavy atom. The molecule has 0 heterocycles. The van der Waals surface area contributed by atoms with Crippen molar-refractivity contribution in [2.45, 2.75) is 30.4 Å². The molecule has 4 heteroatoms. The minimum Gasteiger partial charge on any atom is -0.480 e. The molecule has 0 fully saturated rings. The van der Waals surface area contributed by atoms with Crippen LogP contribution < -0.4 is 5.73 Å². The molecule has 3 nitrogen and oxygen atoms in total. The van der Waals surface area contributed by atoms with Crippen molar-refractivity contribution in [3.8, 4) is 0 Å². The van der Waals surface area contributed by atoms with Crippen LogP contribution in [0.15, 0.2) is 23.1 Å². The lowest BCUT2D eigenvalue weighted by Crippen LogP contribution is -2.14. The van der Waals surface area contributed by atoms with Gasteiger partial charge in [0.15, 0.2) is 0 Å². The molecule has 1 rings (SSSR count). The highest BCUT2D eigenvalue weighted by Crippen LogP contribution is 2.29. The normalized spacial score (nSPS) is 12.4. The van der Waals surface area contributed by atoms with Gasteiger partial charge in [0.1, 0.15) is 5.25 Å². The van der Waals surface area contributed by atoms with Gasteiger partial charge in [0.25, 0.3) is 0 Å². The lowest BCUT2D eigenvalue weighted by Gasteiger charge is -2.11. The van der Waals surface area contributed by atoms with E-state index in [4.69, 9.17) is 10.8 Å². The van der Waals surface area contributed by atoms with Gasteiger partial charge in [-0.2, -0.15) is 0 Å². The van der Waals surface area contributed by atoms with Crippen molar-refractivity contribution in [3.05, 3.63) is 23.8 Å². The van der Waals surface area contributed by atoms with Gasteiger partial charge in [-0.25, -0.2) is 0 Å². The number of anilines is 1. The van der Waals surface area contributed by atoms with Crippen LogP contribution in [0.25, 0.3) is 0 Å². The van der Waals surface area contributed by atoms with Crippen molar-refractivity contribution in [1.82, 2.24) is 0 Å². The van der Waals surface area contributed by atoms with Crippen LogP contribution in [-0.4, -0.2) is 16.3 Å². The van der Waals surface area contributed by atoms with E-state index in [0.717, 1.165) is 10.5 Å². The van der Waals surface area contributed by atoms with E-state index in [1.54, 1.807) is 0 Å². The van der Waals surface area contributed by atoms with Gasteiger partial charge in [-0.15, -0.1) is 11.8 Å². The summed E-state index contributed by atoms with van der Waals surface area (Å²) in [6.45, 7) is 3.82. The van der Waals surface area contributed by atoms with Gasteiger partial charge in [-0.05, 0) is 31.0 Å². The van der Waals surface area contributed by atoms with Crippen molar-refractivity contribution < 1.29 is 9.90 Å². The fourth-order valence-corrected chi connectivity index (χ4v) is 2.24.